The van der Waals surface area contributed by atoms with Crippen molar-refractivity contribution in [2.75, 3.05) is 45.7 Å². The molecule has 10 nitrogen and oxygen atoms in total. The molecule has 0 saturated carbocycles. The summed E-state index contributed by atoms with van der Waals surface area (Å²) in [5.74, 6) is 1.20. The van der Waals surface area contributed by atoms with Crippen molar-refractivity contribution in [3.63, 3.8) is 0 Å². The summed E-state index contributed by atoms with van der Waals surface area (Å²) < 4.78 is 7.22. The number of carbonyl (C=O) groups excluding carboxylic acids is 2. The van der Waals surface area contributed by atoms with Crippen LogP contribution in [0.4, 0.5) is 11.5 Å². The number of benzene rings is 2. The molecular formula is C30H35Cl2N7O3. The summed E-state index contributed by atoms with van der Waals surface area (Å²) in [4.78, 5) is 36.6. The molecule has 0 unspecified atom stereocenters. The third-order valence-electron chi connectivity index (χ3n) is 7.42. The number of halogens is 2. The number of aryl methyl sites for hydroxylation is 1. The number of piperidine rings is 1. The van der Waals surface area contributed by atoms with Crippen molar-refractivity contribution in [1.82, 2.24) is 29.9 Å². The average Bonchev–Trinajstić information content (AvgIpc) is 3.42. The van der Waals surface area contributed by atoms with Gasteiger partial charge in [0.2, 0.25) is 5.91 Å². The number of amides is 2. The van der Waals surface area contributed by atoms with Gasteiger partial charge in [0.1, 0.15) is 5.75 Å². The molecule has 1 aliphatic rings. The second-order valence-corrected chi connectivity index (χ2v) is 10.5. The predicted molar refractivity (Wildman–Crippen MR) is 167 cm³/mol. The van der Waals surface area contributed by atoms with Crippen molar-refractivity contribution < 1.29 is 14.3 Å². The molecule has 2 aromatic carbocycles. The van der Waals surface area contributed by atoms with Gasteiger partial charge in [-0.2, -0.15) is 0 Å². The summed E-state index contributed by atoms with van der Waals surface area (Å²) in [5.41, 5.74) is 4.73. The summed E-state index contributed by atoms with van der Waals surface area (Å²) in [6.07, 6.45) is 6.67. The topological polar surface area (TPSA) is 113 Å². The fourth-order valence-corrected chi connectivity index (χ4v) is 5.39. The Hall–Kier alpha value is -3.86. The third-order valence-corrected chi connectivity index (χ3v) is 7.72. The van der Waals surface area contributed by atoms with Gasteiger partial charge in [-0.25, -0.2) is 9.97 Å². The van der Waals surface area contributed by atoms with Crippen LogP contribution < -0.4 is 20.7 Å². The lowest BCUT2D eigenvalue weighted by Crippen LogP contribution is -2.44. The molecular weight excluding hydrogens is 577 g/mol. The van der Waals surface area contributed by atoms with E-state index in [0.717, 1.165) is 29.1 Å². The van der Waals surface area contributed by atoms with Crippen LogP contribution in [-0.4, -0.2) is 71.4 Å². The summed E-state index contributed by atoms with van der Waals surface area (Å²) in [6.45, 7) is 4.40. The first-order valence-electron chi connectivity index (χ1n) is 13.6. The second kappa shape index (κ2) is 13.9. The number of hydrogen-bond donors (Lipinski definition) is 3. The van der Waals surface area contributed by atoms with Gasteiger partial charge in [-0.1, -0.05) is 11.6 Å². The van der Waals surface area contributed by atoms with E-state index in [1.165, 1.54) is 0 Å². The number of imidazole rings is 1. The number of anilines is 2. The zero-order valence-electron chi connectivity index (χ0n) is 23.8. The van der Waals surface area contributed by atoms with E-state index in [1.54, 1.807) is 19.5 Å². The molecule has 1 saturated heterocycles. The molecule has 2 amide bonds. The Kier molecular flexibility index (Phi) is 10.3. The highest BCUT2D eigenvalue weighted by molar-refractivity contribution is 6.32. The van der Waals surface area contributed by atoms with Gasteiger partial charge in [-0.05, 0) is 68.8 Å². The first-order chi connectivity index (χ1) is 19.9. The number of nitrogens with one attached hydrogen (secondary N) is 3. The van der Waals surface area contributed by atoms with Crippen molar-refractivity contribution >= 4 is 53.0 Å². The standard InChI is InChI=1S/C30H34ClN7O3.ClH/c1-19-16-22(5-6-23(19)30(40)37-13-8-20(9-14-37)29(39)34-11-10-32-2)36-27-28-35-18-25(38(28)15-12-33-27)21-4-7-26(41-3)24(31)17-21;/h4-7,12,15-18,20,32H,8-11,13-14H2,1-3H3,(H,33,36)(H,34,39);1H. The van der Waals surface area contributed by atoms with Crippen LogP contribution in [-0.2, 0) is 4.79 Å². The van der Waals surface area contributed by atoms with Crippen LogP contribution in [0.15, 0.2) is 55.0 Å². The van der Waals surface area contributed by atoms with E-state index in [1.807, 2.05) is 65.9 Å². The van der Waals surface area contributed by atoms with Gasteiger partial charge in [0.25, 0.3) is 5.91 Å². The predicted octanol–water partition coefficient (Wildman–Crippen LogP) is 4.72. The fourth-order valence-electron chi connectivity index (χ4n) is 5.13. The quantitative estimate of drug-likeness (QED) is 0.235. The highest BCUT2D eigenvalue weighted by atomic mass is 35.5. The lowest BCUT2D eigenvalue weighted by molar-refractivity contribution is -0.126. The zero-order chi connectivity index (χ0) is 28.9. The first-order valence-corrected chi connectivity index (χ1v) is 14.0. The van der Waals surface area contributed by atoms with E-state index in [2.05, 4.69) is 25.9 Å². The zero-order valence-corrected chi connectivity index (χ0v) is 25.4. The molecule has 3 heterocycles. The van der Waals surface area contributed by atoms with Crippen LogP contribution in [0.1, 0.15) is 28.8 Å². The van der Waals surface area contributed by atoms with E-state index in [4.69, 9.17) is 16.3 Å². The molecule has 5 rings (SSSR count). The highest BCUT2D eigenvalue weighted by Gasteiger charge is 2.28. The summed E-state index contributed by atoms with van der Waals surface area (Å²) in [5, 5.41) is 9.85. The monoisotopic (exact) mass is 611 g/mol. The maximum Gasteiger partial charge on any atom is 0.254 e. The number of rotatable bonds is 9. The SMILES string of the molecule is CNCCNC(=O)C1CCN(C(=O)c2ccc(Nc3nccn4c(-c5ccc(OC)c(Cl)c5)cnc34)cc2C)CC1.Cl. The number of ether oxygens (including phenoxy) is 1. The van der Waals surface area contributed by atoms with Crippen molar-refractivity contribution in [2.45, 2.75) is 19.8 Å². The molecule has 1 aliphatic heterocycles. The molecule has 0 aliphatic carbocycles. The van der Waals surface area contributed by atoms with E-state index < -0.39 is 0 Å². The number of hydrogen-bond acceptors (Lipinski definition) is 7. The van der Waals surface area contributed by atoms with Crippen LogP contribution >= 0.6 is 24.0 Å². The van der Waals surface area contributed by atoms with Crippen LogP contribution in [0.3, 0.4) is 0 Å². The lowest BCUT2D eigenvalue weighted by Gasteiger charge is -2.31. The summed E-state index contributed by atoms with van der Waals surface area (Å²) >= 11 is 6.35. The fraction of sp³-hybridized carbons (Fsp3) is 0.333. The van der Waals surface area contributed by atoms with E-state index in [-0.39, 0.29) is 30.1 Å². The molecule has 0 bridgehead atoms. The minimum absolute atomic E-state index is 0. The Morgan fingerprint density at radius 2 is 1.88 bits per heavy atom. The molecule has 42 heavy (non-hydrogen) atoms. The van der Waals surface area contributed by atoms with E-state index in [0.29, 0.717) is 60.3 Å². The highest BCUT2D eigenvalue weighted by Crippen LogP contribution is 2.32. The van der Waals surface area contributed by atoms with Crippen LogP contribution in [0, 0.1) is 12.8 Å². The Morgan fingerprint density at radius 3 is 2.57 bits per heavy atom. The van der Waals surface area contributed by atoms with Crippen LogP contribution in [0.25, 0.3) is 16.9 Å². The van der Waals surface area contributed by atoms with Gasteiger partial charge in [-0.15, -0.1) is 12.4 Å². The number of methoxy groups -OCH3 is 1. The largest absolute Gasteiger partial charge is 0.495 e. The minimum atomic E-state index is -0.0522. The Balaban J connectivity index is 0.00000405. The molecule has 0 spiro atoms. The molecule has 12 heteroatoms. The Morgan fingerprint density at radius 1 is 1.10 bits per heavy atom. The number of aromatic nitrogens is 3. The number of likely N-dealkylation sites (N-methyl/N-ethyl adjacent to an activating group) is 1. The third kappa shape index (κ3) is 6.61. The first kappa shape index (κ1) is 31.1. The summed E-state index contributed by atoms with van der Waals surface area (Å²) in [7, 11) is 3.44. The van der Waals surface area contributed by atoms with Crippen molar-refractivity contribution in [2.24, 2.45) is 5.92 Å². The van der Waals surface area contributed by atoms with Crippen molar-refractivity contribution in [3.05, 3.63) is 71.1 Å². The van der Waals surface area contributed by atoms with Gasteiger partial charge in [0, 0.05) is 61.3 Å². The number of likely N-dealkylation sites (tertiary alicyclic amines) is 1. The van der Waals surface area contributed by atoms with Gasteiger partial charge in [0.05, 0.1) is 24.0 Å². The van der Waals surface area contributed by atoms with E-state index in [9.17, 15) is 9.59 Å². The molecule has 3 N–H and O–H groups in total. The molecule has 1 fully saturated rings. The number of fused-ring (bicyclic) bond motifs is 1. The molecule has 222 valence electrons. The minimum Gasteiger partial charge on any atom is -0.495 e. The molecule has 2 aromatic heterocycles. The number of carbonyl (C=O) groups is 2. The van der Waals surface area contributed by atoms with Gasteiger partial charge in [-0.3, -0.25) is 14.0 Å². The molecule has 0 radical (unpaired) electrons. The smallest absolute Gasteiger partial charge is 0.254 e. The van der Waals surface area contributed by atoms with Crippen LogP contribution in [0.2, 0.25) is 5.02 Å². The lowest BCUT2D eigenvalue weighted by atomic mass is 9.95. The van der Waals surface area contributed by atoms with Crippen LogP contribution in [0.5, 0.6) is 5.75 Å². The Bertz CT molecular complexity index is 1570. The van der Waals surface area contributed by atoms with Gasteiger partial charge < -0.3 is 25.6 Å². The molecule has 4 aromatic rings. The van der Waals surface area contributed by atoms with Gasteiger partial charge >= 0.3 is 0 Å². The number of nitrogens with zero attached hydrogens (tertiary/aromatic N) is 4. The summed E-state index contributed by atoms with van der Waals surface area (Å²) in [6, 6.07) is 11.3. The van der Waals surface area contributed by atoms with Crippen molar-refractivity contribution in [1.29, 1.82) is 0 Å². The average molecular weight is 613 g/mol. The second-order valence-electron chi connectivity index (χ2n) is 10.1. The normalized spacial score (nSPS) is 13.5. The maximum atomic E-state index is 13.3. The Labute approximate surface area is 256 Å². The van der Waals surface area contributed by atoms with Gasteiger partial charge in [0.15, 0.2) is 11.5 Å². The molecule has 0 atom stereocenters. The van der Waals surface area contributed by atoms with E-state index >= 15 is 0 Å². The maximum absolute atomic E-state index is 13.3. The van der Waals surface area contributed by atoms with Crippen molar-refractivity contribution in [3.8, 4) is 17.0 Å².